The molecular formula is C13H13ClN2. The van der Waals surface area contributed by atoms with Crippen LogP contribution in [0.4, 0.5) is 0 Å². The molecule has 0 aliphatic carbocycles. The summed E-state index contributed by atoms with van der Waals surface area (Å²) in [6, 6.07) is 11.7. The summed E-state index contributed by atoms with van der Waals surface area (Å²) in [5, 5.41) is 0.736. The Morgan fingerprint density at radius 1 is 1.12 bits per heavy atom. The van der Waals surface area contributed by atoms with Gasteiger partial charge in [0.2, 0.25) is 0 Å². The molecule has 0 radical (unpaired) electrons. The first-order valence-electron chi connectivity index (χ1n) is 5.21. The van der Waals surface area contributed by atoms with E-state index in [4.69, 9.17) is 17.3 Å². The zero-order valence-electron chi connectivity index (χ0n) is 8.86. The maximum absolute atomic E-state index is 5.86. The number of rotatable bonds is 3. The monoisotopic (exact) mass is 232 g/mol. The van der Waals surface area contributed by atoms with Crippen molar-refractivity contribution in [1.29, 1.82) is 0 Å². The third-order valence-electron chi connectivity index (χ3n) is 2.42. The average Bonchev–Trinajstić information content (AvgIpc) is 2.32. The maximum atomic E-state index is 5.86. The fraction of sp³-hybridized carbons (Fsp3) is 0.154. The van der Waals surface area contributed by atoms with E-state index < -0.39 is 0 Å². The van der Waals surface area contributed by atoms with Crippen LogP contribution in [-0.2, 0) is 6.42 Å². The van der Waals surface area contributed by atoms with E-state index in [1.54, 1.807) is 6.20 Å². The first kappa shape index (κ1) is 11.1. The van der Waals surface area contributed by atoms with Gasteiger partial charge in [0, 0.05) is 16.8 Å². The van der Waals surface area contributed by atoms with Crippen LogP contribution in [0, 0.1) is 0 Å². The maximum Gasteiger partial charge on any atom is 0.0734 e. The van der Waals surface area contributed by atoms with E-state index in [1.165, 1.54) is 5.56 Å². The van der Waals surface area contributed by atoms with Gasteiger partial charge in [-0.1, -0.05) is 29.8 Å². The molecule has 2 N–H and O–H groups in total. The molecule has 2 aromatic rings. The summed E-state index contributed by atoms with van der Waals surface area (Å²) in [5.41, 5.74) is 8.82. The predicted molar refractivity (Wildman–Crippen MR) is 67.4 cm³/mol. The second-order valence-electron chi connectivity index (χ2n) is 3.56. The fourth-order valence-corrected chi connectivity index (χ4v) is 1.79. The molecule has 0 aliphatic rings. The molecule has 82 valence electrons. The Balaban J connectivity index is 2.42. The molecule has 3 heteroatoms. The Morgan fingerprint density at radius 2 is 1.88 bits per heavy atom. The van der Waals surface area contributed by atoms with Gasteiger partial charge in [0.05, 0.1) is 5.69 Å². The molecule has 0 saturated heterocycles. The Bertz CT molecular complexity index is 466. The summed E-state index contributed by atoms with van der Waals surface area (Å²) >= 11 is 5.86. The van der Waals surface area contributed by atoms with Crippen LogP contribution in [0.15, 0.2) is 42.6 Å². The average molecular weight is 233 g/mol. The molecule has 1 aromatic carbocycles. The van der Waals surface area contributed by atoms with Crippen LogP contribution >= 0.6 is 11.6 Å². The third-order valence-corrected chi connectivity index (χ3v) is 2.67. The van der Waals surface area contributed by atoms with Crippen molar-refractivity contribution in [3.05, 3.63) is 53.2 Å². The Labute approximate surface area is 100 Å². The Morgan fingerprint density at radius 3 is 2.56 bits per heavy atom. The summed E-state index contributed by atoms with van der Waals surface area (Å²) in [6.45, 7) is 0.631. The lowest BCUT2D eigenvalue weighted by atomic mass is 10.0. The molecule has 0 atom stereocenters. The van der Waals surface area contributed by atoms with Gasteiger partial charge in [-0.3, -0.25) is 4.98 Å². The standard InChI is InChI=1S/C13H13ClN2/c14-12-5-3-11(4-6-12)13-10(7-8-15)2-1-9-16-13/h1-6,9H,7-8,15H2. The second-order valence-corrected chi connectivity index (χ2v) is 3.99. The van der Waals surface area contributed by atoms with E-state index in [0.29, 0.717) is 6.54 Å². The van der Waals surface area contributed by atoms with E-state index in [1.807, 2.05) is 30.3 Å². The molecule has 0 bridgehead atoms. The molecule has 0 fully saturated rings. The van der Waals surface area contributed by atoms with Crippen LogP contribution < -0.4 is 5.73 Å². The van der Waals surface area contributed by atoms with Crippen molar-refractivity contribution >= 4 is 11.6 Å². The molecule has 0 aliphatic heterocycles. The zero-order valence-corrected chi connectivity index (χ0v) is 9.61. The number of halogens is 1. The lowest BCUT2D eigenvalue weighted by Gasteiger charge is -2.07. The van der Waals surface area contributed by atoms with E-state index in [0.717, 1.165) is 22.7 Å². The van der Waals surface area contributed by atoms with Gasteiger partial charge in [-0.2, -0.15) is 0 Å². The number of aromatic nitrogens is 1. The van der Waals surface area contributed by atoms with Crippen molar-refractivity contribution in [2.75, 3.05) is 6.54 Å². The van der Waals surface area contributed by atoms with Crippen LogP contribution in [0.5, 0.6) is 0 Å². The number of pyridine rings is 1. The summed E-state index contributed by atoms with van der Waals surface area (Å²) in [6.07, 6.45) is 2.63. The van der Waals surface area contributed by atoms with Gasteiger partial charge >= 0.3 is 0 Å². The highest BCUT2D eigenvalue weighted by atomic mass is 35.5. The van der Waals surface area contributed by atoms with Crippen LogP contribution in [0.2, 0.25) is 5.02 Å². The molecule has 1 heterocycles. The largest absolute Gasteiger partial charge is 0.330 e. The normalized spacial score (nSPS) is 10.4. The molecule has 0 amide bonds. The van der Waals surface area contributed by atoms with Gasteiger partial charge in [0.1, 0.15) is 0 Å². The van der Waals surface area contributed by atoms with Gasteiger partial charge in [0.25, 0.3) is 0 Å². The minimum atomic E-state index is 0.631. The van der Waals surface area contributed by atoms with Crippen molar-refractivity contribution in [1.82, 2.24) is 4.98 Å². The highest BCUT2D eigenvalue weighted by Crippen LogP contribution is 2.22. The van der Waals surface area contributed by atoms with Crippen LogP contribution in [0.1, 0.15) is 5.56 Å². The summed E-state index contributed by atoms with van der Waals surface area (Å²) < 4.78 is 0. The highest BCUT2D eigenvalue weighted by Gasteiger charge is 2.04. The van der Waals surface area contributed by atoms with Crippen molar-refractivity contribution in [3.63, 3.8) is 0 Å². The van der Waals surface area contributed by atoms with Crippen LogP contribution in [-0.4, -0.2) is 11.5 Å². The zero-order chi connectivity index (χ0) is 11.4. The topological polar surface area (TPSA) is 38.9 Å². The van der Waals surface area contributed by atoms with Gasteiger partial charge in [0.15, 0.2) is 0 Å². The Hall–Kier alpha value is -1.38. The Kier molecular flexibility index (Phi) is 3.54. The molecule has 1 aromatic heterocycles. The van der Waals surface area contributed by atoms with E-state index in [-0.39, 0.29) is 0 Å². The number of benzene rings is 1. The lowest BCUT2D eigenvalue weighted by Crippen LogP contribution is -2.04. The number of hydrogen-bond acceptors (Lipinski definition) is 2. The van der Waals surface area contributed by atoms with Crippen LogP contribution in [0.3, 0.4) is 0 Å². The molecule has 2 nitrogen and oxygen atoms in total. The lowest BCUT2D eigenvalue weighted by molar-refractivity contribution is 0.961. The van der Waals surface area contributed by atoms with Gasteiger partial charge in [-0.05, 0) is 36.7 Å². The highest BCUT2D eigenvalue weighted by molar-refractivity contribution is 6.30. The summed E-state index contributed by atoms with van der Waals surface area (Å²) in [4.78, 5) is 4.40. The molecule has 0 spiro atoms. The van der Waals surface area contributed by atoms with Gasteiger partial charge < -0.3 is 5.73 Å². The number of nitrogens with zero attached hydrogens (tertiary/aromatic N) is 1. The van der Waals surface area contributed by atoms with Crippen molar-refractivity contribution in [2.45, 2.75) is 6.42 Å². The van der Waals surface area contributed by atoms with Gasteiger partial charge in [-0.15, -0.1) is 0 Å². The SMILES string of the molecule is NCCc1cccnc1-c1ccc(Cl)cc1. The molecular weight excluding hydrogens is 220 g/mol. The molecule has 2 rings (SSSR count). The van der Waals surface area contributed by atoms with E-state index in [2.05, 4.69) is 11.1 Å². The van der Waals surface area contributed by atoms with E-state index >= 15 is 0 Å². The van der Waals surface area contributed by atoms with Gasteiger partial charge in [-0.25, -0.2) is 0 Å². The third kappa shape index (κ3) is 2.40. The van der Waals surface area contributed by atoms with Crippen LogP contribution in [0.25, 0.3) is 11.3 Å². The smallest absolute Gasteiger partial charge is 0.0734 e. The second kappa shape index (κ2) is 5.10. The minimum absolute atomic E-state index is 0.631. The van der Waals surface area contributed by atoms with Crippen molar-refractivity contribution in [2.24, 2.45) is 5.73 Å². The quantitative estimate of drug-likeness (QED) is 0.884. The predicted octanol–water partition coefficient (Wildman–Crippen LogP) is 2.90. The number of nitrogens with two attached hydrogens (primary N) is 1. The first-order valence-corrected chi connectivity index (χ1v) is 5.59. The number of hydrogen-bond donors (Lipinski definition) is 1. The summed E-state index contributed by atoms with van der Waals surface area (Å²) in [7, 11) is 0. The van der Waals surface area contributed by atoms with E-state index in [9.17, 15) is 0 Å². The molecule has 0 saturated carbocycles. The van der Waals surface area contributed by atoms with Crippen molar-refractivity contribution in [3.8, 4) is 11.3 Å². The first-order chi connectivity index (χ1) is 7.81. The summed E-state index contributed by atoms with van der Waals surface area (Å²) in [5.74, 6) is 0. The van der Waals surface area contributed by atoms with Crippen molar-refractivity contribution < 1.29 is 0 Å². The fourth-order valence-electron chi connectivity index (χ4n) is 1.66. The molecule has 16 heavy (non-hydrogen) atoms. The molecule has 0 unspecified atom stereocenters. The minimum Gasteiger partial charge on any atom is -0.330 e.